The maximum Gasteiger partial charge on any atom is 0.0156 e. The van der Waals surface area contributed by atoms with Crippen molar-refractivity contribution in [2.75, 3.05) is 47.3 Å². The number of nitrogens with one attached hydrogen (secondary N) is 1. The molecule has 2 unspecified atom stereocenters. The van der Waals surface area contributed by atoms with Crippen LogP contribution in [0, 0.1) is 17.3 Å². The van der Waals surface area contributed by atoms with Crippen LogP contribution in [0.3, 0.4) is 0 Å². The smallest absolute Gasteiger partial charge is 0.0156 e. The Bertz CT molecular complexity index is 295. The van der Waals surface area contributed by atoms with Crippen LogP contribution >= 0.6 is 0 Å². The maximum absolute atomic E-state index is 3.59. The van der Waals surface area contributed by atoms with Crippen molar-refractivity contribution in [1.82, 2.24) is 15.1 Å². The van der Waals surface area contributed by atoms with Crippen molar-refractivity contribution in [1.29, 1.82) is 0 Å². The van der Waals surface area contributed by atoms with E-state index in [1.54, 1.807) is 0 Å². The predicted octanol–water partition coefficient (Wildman–Crippen LogP) is 2.28. The van der Waals surface area contributed by atoms with Crippen molar-refractivity contribution in [3.05, 3.63) is 0 Å². The Balaban J connectivity index is 1.78. The van der Waals surface area contributed by atoms with Crippen LogP contribution in [0.2, 0.25) is 0 Å². The molecule has 0 radical (unpaired) electrons. The van der Waals surface area contributed by atoms with Crippen LogP contribution in [0.25, 0.3) is 0 Å². The lowest BCUT2D eigenvalue weighted by molar-refractivity contribution is 0.154. The lowest BCUT2D eigenvalue weighted by Gasteiger charge is -2.35. The molecule has 0 amide bonds. The van der Waals surface area contributed by atoms with Gasteiger partial charge in [0.25, 0.3) is 0 Å². The zero-order chi connectivity index (χ0) is 14.8. The Morgan fingerprint density at radius 1 is 1.15 bits per heavy atom. The van der Waals surface area contributed by atoms with E-state index in [4.69, 9.17) is 0 Å². The predicted molar refractivity (Wildman–Crippen MR) is 87.1 cm³/mol. The lowest BCUT2D eigenvalue weighted by atomic mass is 9.84. The third-order valence-corrected chi connectivity index (χ3v) is 5.74. The molecule has 2 rings (SSSR count). The van der Waals surface area contributed by atoms with E-state index in [9.17, 15) is 0 Å². The van der Waals surface area contributed by atoms with E-state index >= 15 is 0 Å². The third kappa shape index (κ3) is 3.96. The molecule has 0 aromatic rings. The van der Waals surface area contributed by atoms with Gasteiger partial charge in [0.05, 0.1) is 0 Å². The molecule has 1 N–H and O–H groups in total. The van der Waals surface area contributed by atoms with Gasteiger partial charge in [0.2, 0.25) is 0 Å². The Kier molecular flexibility index (Phi) is 5.49. The van der Waals surface area contributed by atoms with Crippen LogP contribution in [0.5, 0.6) is 0 Å². The summed E-state index contributed by atoms with van der Waals surface area (Å²) in [7, 11) is 6.72. The van der Waals surface area contributed by atoms with Gasteiger partial charge in [-0.3, -0.25) is 0 Å². The fraction of sp³-hybridized carbons (Fsp3) is 1.00. The highest BCUT2D eigenvalue weighted by Crippen LogP contribution is 2.41. The van der Waals surface area contributed by atoms with Crippen molar-refractivity contribution >= 4 is 0 Å². The fourth-order valence-electron chi connectivity index (χ4n) is 4.50. The van der Waals surface area contributed by atoms with Gasteiger partial charge in [0.15, 0.2) is 0 Å². The van der Waals surface area contributed by atoms with E-state index in [-0.39, 0.29) is 0 Å². The maximum atomic E-state index is 3.59. The van der Waals surface area contributed by atoms with Crippen molar-refractivity contribution in [3.63, 3.8) is 0 Å². The molecule has 1 aliphatic heterocycles. The summed E-state index contributed by atoms with van der Waals surface area (Å²) in [6.07, 6.45) is 5.51. The summed E-state index contributed by atoms with van der Waals surface area (Å²) in [5.74, 6) is 1.74. The normalized spacial score (nSPS) is 32.1. The molecule has 1 saturated heterocycles. The average molecular weight is 281 g/mol. The largest absolute Gasteiger partial charge is 0.316 e. The number of likely N-dealkylation sites (tertiary alicyclic amines) is 1. The highest BCUT2D eigenvalue weighted by molar-refractivity contribution is 4.96. The topological polar surface area (TPSA) is 18.5 Å². The van der Waals surface area contributed by atoms with E-state index in [0.29, 0.717) is 11.5 Å². The van der Waals surface area contributed by atoms with Gasteiger partial charge < -0.3 is 15.1 Å². The first-order valence-corrected chi connectivity index (χ1v) is 8.46. The van der Waals surface area contributed by atoms with Gasteiger partial charge in [-0.2, -0.15) is 0 Å². The van der Waals surface area contributed by atoms with E-state index in [0.717, 1.165) is 11.8 Å². The van der Waals surface area contributed by atoms with Crippen LogP contribution in [-0.2, 0) is 0 Å². The average Bonchev–Trinajstić information content (AvgIpc) is 2.66. The van der Waals surface area contributed by atoms with Gasteiger partial charge in [0, 0.05) is 19.1 Å². The molecule has 0 aromatic carbocycles. The van der Waals surface area contributed by atoms with Gasteiger partial charge in [-0.05, 0) is 77.2 Å². The van der Waals surface area contributed by atoms with Crippen LogP contribution < -0.4 is 5.32 Å². The zero-order valence-electron chi connectivity index (χ0n) is 14.3. The summed E-state index contributed by atoms with van der Waals surface area (Å²) in [6, 6.07) is 0.683. The van der Waals surface area contributed by atoms with Crippen molar-refractivity contribution in [2.45, 2.75) is 45.6 Å². The van der Waals surface area contributed by atoms with Crippen LogP contribution in [0.1, 0.15) is 39.5 Å². The number of hydrogen-bond acceptors (Lipinski definition) is 3. The monoisotopic (exact) mass is 281 g/mol. The summed E-state index contributed by atoms with van der Waals surface area (Å²) >= 11 is 0. The quantitative estimate of drug-likeness (QED) is 0.834. The number of nitrogens with zero attached hydrogens (tertiary/aromatic N) is 2. The number of rotatable bonds is 5. The molecular weight excluding hydrogens is 246 g/mol. The molecular formula is C17H35N3. The highest BCUT2D eigenvalue weighted by atomic mass is 15.1. The van der Waals surface area contributed by atoms with Gasteiger partial charge >= 0.3 is 0 Å². The summed E-state index contributed by atoms with van der Waals surface area (Å²) in [6.45, 7) is 9.97. The molecule has 2 aliphatic rings. The van der Waals surface area contributed by atoms with Crippen molar-refractivity contribution in [3.8, 4) is 0 Å². The minimum absolute atomic E-state index is 0.466. The summed E-state index contributed by atoms with van der Waals surface area (Å²) in [5.41, 5.74) is 0.466. The Morgan fingerprint density at radius 2 is 1.80 bits per heavy atom. The molecule has 1 heterocycles. The van der Waals surface area contributed by atoms with E-state index in [2.05, 4.69) is 50.1 Å². The van der Waals surface area contributed by atoms with Crippen LogP contribution in [0.4, 0.5) is 0 Å². The highest BCUT2D eigenvalue weighted by Gasteiger charge is 2.41. The lowest BCUT2D eigenvalue weighted by Crippen LogP contribution is -2.44. The number of piperidine rings is 1. The fourth-order valence-corrected chi connectivity index (χ4v) is 4.50. The van der Waals surface area contributed by atoms with E-state index < -0.39 is 0 Å². The number of hydrogen-bond donors (Lipinski definition) is 1. The molecule has 2 fully saturated rings. The Hall–Kier alpha value is -0.120. The van der Waals surface area contributed by atoms with Crippen LogP contribution in [0.15, 0.2) is 0 Å². The molecule has 0 bridgehead atoms. The zero-order valence-corrected chi connectivity index (χ0v) is 14.3. The van der Waals surface area contributed by atoms with E-state index in [1.165, 1.54) is 51.9 Å². The van der Waals surface area contributed by atoms with Crippen LogP contribution in [-0.4, -0.2) is 63.2 Å². The minimum atomic E-state index is 0.466. The van der Waals surface area contributed by atoms with Gasteiger partial charge in [-0.1, -0.05) is 13.8 Å². The molecule has 3 nitrogen and oxygen atoms in total. The Labute approximate surface area is 126 Å². The molecule has 1 aliphatic carbocycles. The standard InChI is InChI=1S/C17H35N3/c1-17(2)9-6-15(16(17)18-3)13-20(5)12-14-7-10-19(4)11-8-14/h14-16,18H,6-13H2,1-5H3. The Morgan fingerprint density at radius 3 is 2.40 bits per heavy atom. The van der Waals surface area contributed by atoms with Gasteiger partial charge in [0.1, 0.15) is 0 Å². The first-order valence-electron chi connectivity index (χ1n) is 8.46. The van der Waals surface area contributed by atoms with Gasteiger partial charge in [-0.25, -0.2) is 0 Å². The summed E-state index contributed by atoms with van der Waals surface area (Å²) < 4.78 is 0. The first-order chi connectivity index (χ1) is 9.42. The van der Waals surface area contributed by atoms with E-state index in [1.807, 2.05) is 0 Å². The van der Waals surface area contributed by atoms with Crippen molar-refractivity contribution < 1.29 is 0 Å². The molecule has 20 heavy (non-hydrogen) atoms. The minimum Gasteiger partial charge on any atom is -0.316 e. The summed E-state index contributed by atoms with van der Waals surface area (Å²) in [4.78, 5) is 5.07. The molecule has 0 spiro atoms. The second kappa shape index (κ2) is 6.76. The second-order valence-electron chi connectivity index (χ2n) is 8.02. The molecule has 1 saturated carbocycles. The molecule has 118 valence electrons. The molecule has 2 atom stereocenters. The first kappa shape index (κ1) is 16.3. The third-order valence-electron chi connectivity index (χ3n) is 5.74. The molecule has 3 heteroatoms. The van der Waals surface area contributed by atoms with Crippen molar-refractivity contribution in [2.24, 2.45) is 17.3 Å². The SMILES string of the molecule is CNC1C(CN(C)CC2CCN(C)CC2)CCC1(C)C. The summed E-state index contributed by atoms with van der Waals surface area (Å²) in [5, 5.41) is 3.59. The second-order valence-corrected chi connectivity index (χ2v) is 8.02. The molecule has 0 aromatic heterocycles. The van der Waals surface area contributed by atoms with Gasteiger partial charge in [-0.15, -0.1) is 0 Å².